The molecule has 0 bridgehead atoms. The fraction of sp³-hybridized carbons (Fsp3) is 0.312. The number of rotatable bonds is 4. The van der Waals surface area contributed by atoms with Crippen molar-refractivity contribution in [3.63, 3.8) is 0 Å². The number of hydrogen-bond donors (Lipinski definition) is 3. The molecule has 0 radical (unpaired) electrons. The molecule has 0 aromatic carbocycles. The van der Waals surface area contributed by atoms with Crippen LogP contribution in [0.15, 0.2) is 43.0 Å². The number of nitrogens with one attached hydrogen (secondary N) is 2. The zero-order valence-corrected chi connectivity index (χ0v) is 12.6. The van der Waals surface area contributed by atoms with Gasteiger partial charge in [-0.05, 0) is 18.6 Å². The Kier molecular flexibility index (Phi) is 3.64. The van der Waals surface area contributed by atoms with Crippen molar-refractivity contribution in [2.75, 3.05) is 18.5 Å². The van der Waals surface area contributed by atoms with Crippen LogP contribution in [0.2, 0.25) is 0 Å². The predicted molar refractivity (Wildman–Crippen MR) is 87.1 cm³/mol. The van der Waals surface area contributed by atoms with E-state index in [9.17, 15) is 5.11 Å². The third-order valence-corrected chi connectivity index (χ3v) is 4.11. The summed E-state index contributed by atoms with van der Waals surface area (Å²) in [4.78, 5) is 13.3. The summed E-state index contributed by atoms with van der Waals surface area (Å²) in [6, 6.07) is 6.28. The second-order valence-corrected chi connectivity index (χ2v) is 5.73. The molecule has 0 saturated carbocycles. The second kappa shape index (κ2) is 5.94. The lowest BCUT2D eigenvalue weighted by atomic mass is 10.2. The van der Waals surface area contributed by atoms with Crippen molar-refractivity contribution in [3.05, 3.63) is 43.0 Å². The number of anilines is 1. The summed E-state index contributed by atoms with van der Waals surface area (Å²) in [5.41, 5.74) is 2.57. The van der Waals surface area contributed by atoms with Crippen LogP contribution in [0.5, 0.6) is 0 Å². The van der Waals surface area contributed by atoms with Gasteiger partial charge in [0.2, 0.25) is 0 Å². The van der Waals surface area contributed by atoms with E-state index in [1.165, 1.54) is 0 Å². The molecular formula is C16H18N6O. The molecule has 0 unspecified atom stereocenters. The largest absolute Gasteiger partial charge is 0.395 e. The highest BCUT2D eigenvalue weighted by molar-refractivity contribution is 5.60. The van der Waals surface area contributed by atoms with Gasteiger partial charge in [0.05, 0.1) is 30.9 Å². The predicted octanol–water partition coefficient (Wildman–Crippen LogP) is 0.926. The molecule has 2 atom stereocenters. The first kappa shape index (κ1) is 14.1. The van der Waals surface area contributed by atoms with Gasteiger partial charge in [0.15, 0.2) is 0 Å². The van der Waals surface area contributed by atoms with Crippen molar-refractivity contribution in [1.82, 2.24) is 24.7 Å². The summed E-state index contributed by atoms with van der Waals surface area (Å²) in [5.74, 6) is 0.735. The summed E-state index contributed by atoms with van der Waals surface area (Å²) < 4.78 is 1.99. The molecule has 4 rings (SSSR count). The Morgan fingerprint density at radius 2 is 2.26 bits per heavy atom. The molecule has 3 aromatic heterocycles. The average Bonchev–Trinajstić information content (AvgIpc) is 3.21. The SMILES string of the molecule is OC[C@@H]1C[C@@H](Nc2cncc(-c3cnc4ccccn34)n2)CN1. The number of pyridine rings is 1. The lowest BCUT2D eigenvalue weighted by molar-refractivity contribution is 0.254. The normalized spacial score (nSPS) is 20.9. The summed E-state index contributed by atoms with van der Waals surface area (Å²) in [6.07, 6.45) is 8.11. The Morgan fingerprint density at radius 1 is 1.30 bits per heavy atom. The Hall–Kier alpha value is -2.51. The second-order valence-electron chi connectivity index (χ2n) is 5.73. The lowest BCUT2D eigenvalue weighted by Gasteiger charge is -2.12. The number of imidazole rings is 1. The minimum atomic E-state index is 0.155. The molecule has 7 nitrogen and oxygen atoms in total. The molecule has 3 N–H and O–H groups in total. The van der Waals surface area contributed by atoms with Gasteiger partial charge in [0.25, 0.3) is 0 Å². The summed E-state index contributed by atoms with van der Waals surface area (Å²) >= 11 is 0. The van der Waals surface area contributed by atoms with Crippen molar-refractivity contribution >= 4 is 11.5 Å². The van der Waals surface area contributed by atoms with Crippen LogP contribution in [0, 0.1) is 0 Å². The van der Waals surface area contributed by atoms with E-state index in [1.807, 2.05) is 35.0 Å². The van der Waals surface area contributed by atoms with Gasteiger partial charge < -0.3 is 15.7 Å². The number of hydrogen-bond acceptors (Lipinski definition) is 6. The third kappa shape index (κ3) is 2.76. The molecule has 7 heteroatoms. The fourth-order valence-corrected chi connectivity index (χ4v) is 2.96. The summed E-state index contributed by atoms with van der Waals surface area (Å²) in [7, 11) is 0. The van der Waals surface area contributed by atoms with Crippen molar-refractivity contribution in [2.24, 2.45) is 0 Å². The topological polar surface area (TPSA) is 87.4 Å². The molecular weight excluding hydrogens is 292 g/mol. The Bertz CT molecular complexity index is 817. The highest BCUT2D eigenvalue weighted by Gasteiger charge is 2.23. The van der Waals surface area contributed by atoms with Crippen LogP contribution >= 0.6 is 0 Å². The first-order valence-corrected chi connectivity index (χ1v) is 7.69. The van der Waals surface area contributed by atoms with E-state index in [4.69, 9.17) is 0 Å². The molecule has 0 amide bonds. The van der Waals surface area contributed by atoms with Crippen LogP contribution < -0.4 is 10.6 Å². The van der Waals surface area contributed by atoms with Crippen LogP contribution in [0.1, 0.15) is 6.42 Å². The number of aliphatic hydroxyl groups excluding tert-OH is 1. The third-order valence-electron chi connectivity index (χ3n) is 4.11. The Labute approximate surface area is 133 Å². The van der Waals surface area contributed by atoms with Crippen LogP contribution in [0.3, 0.4) is 0 Å². The molecule has 0 aliphatic carbocycles. The van der Waals surface area contributed by atoms with Crippen LogP contribution in [0.4, 0.5) is 5.82 Å². The molecule has 1 aliphatic rings. The van der Waals surface area contributed by atoms with Crippen molar-refractivity contribution in [2.45, 2.75) is 18.5 Å². The van der Waals surface area contributed by atoms with Gasteiger partial charge in [0.1, 0.15) is 17.2 Å². The molecule has 1 fully saturated rings. The maximum Gasteiger partial charge on any atom is 0.145 e. The van der Waals surface area contributed by atoms with Crippen LogP contribution in [-0.2, 0) is 0 Å². The summed E-state index contributed by atoms with van der Waals surface area (Å²) in [6.45, 7) is 0.971. The van der Waals surface area contributed by atoms with Gasteiger partial charge >= 0.3 is 0 Å². The van der Waals surface area contributed by atoms with Crippen molar-refractivity contribution < 1.29 is 5.11 Å². The smallest absolute Gasteiger partial charge is 0.145 e. The van der Waals surface area contributed by atoms with Gasteiger partial charge in [-0.3, -0.25) is 9.38 Å². The summed E-state index contributed by atoms with van der Waals surface area (Å²) in [5, 5.41) is 15.8. The molecule has 3 aromatic rings. The zero-order valence-electron chi connectivity index (χ0n) is 12.6. The molecule has 4 heterocycles. The number of aromatic nitrogens is 4. The number of aliphatic hydroxyl groups is 1. The maximum absolute atomic E-state index is 9.19. The van der Waals surface area contributed by atoms with E-state index < -0.39 is 0 Å². The standard InChI is InChI=1S/C16H18N6O/c23-10-12-5-11(6-18-12)20-15-9-17-7-13(21-15)14-8-19-16-3-1-2-4-22(14)16/h1-4,7-9,11-12,18,23H,5-6,10H2,(H,20,21)/t11-,12+/m1/s1. The Morgan fingerprint density at radius 3 is 3.13 bits per heavy atom. The minimum absolute atomic E-state index is 0.155. The van der Waals surface area contributed by atoms with Crippen LogP contribution in [-0.4, -0.2) is 49.7 Å². The molecule has 1 aliphatic heterocycles. The monoisotopic (exact) mass is 310 g/mol. The van der Waals surface area contributed by atoms with Gasteiger partial charge in [-0.1, -0.05) is 6.07 Å². The van der Waals surface area contributed by atoms with E-state index in [0.717, 1.165) is 35.8 Å². The first-order valence-electron chi connectivity index (χ1n) is 7.69. The quantitative estimate of drug-likeness (QED) is 0.664. The minimum Gasteiger partial charge on any atom is -0.395 e. The zero-order chi connectivity index (χ0) is 15.6. The molecule has 1 saturated heterocycles. The van der Waals surface area contributed by atoms with Crippen molar-refractivity contribution in [1.29, 1.82) is 0 Å². The molecule has 0 spiro atoms. The van der Waals surface area contributed by atoms with E-state index in [0.29, 0.717) is 0 Å². The maximum atomic E-state index is 9.19. The fourth-order valence-electron chi connectivity index (χ4n) is 2.96. The van der Waals surface area contributed by atoms with E-state index in [1.54, 1.807) is 12.4 Å². The average molecular weight is 310 g/mol. The van der Waals surface area contributed by atoms with E-state index >= 15 is 0 Å². The van der Waals surface area contributed by atoms with Crippen LogP contribution in [0.25, 0.3) is 17.0 Å². The van der Waals surface area contributed by atoms with Gasteiger partial charge in [-0.25, -0.2) is 9.97 Å². The molecule has 23 heavy (non-hydrogen) atoms. The number of fused-ring (bicyclic) bond motifs is 1. The first-order chi connectivity index (χ1) is 11.3. The van der Waals surface area contributed by atoms with E-state index in [-0.39, 0.29) is 18.7 Å². The highest BCUT2D eigenvalue weighted by Crippen LogP contribution is 2.20. The number of nitrogens with zero attached hydrogens (tertiary/aromatic N) is 4. The lowest BCUT2D eigenvalue weighted by Crippen LogP contribution is -2.25. The van der Waals surface area contributed by atoms with Gasteiger partial charge in [0, 0.05) is 24.8 Å². The Balaban J connectivity index is 1.59. The van der Waals surface area contributed by atoms with Crippen molar-refractivity contribution in [3.8, 4) is 11.4 Å². The van der Waals surface area contributed by atoms with E-state index in [2.05, 4.69) is 25.6 Å². The van der Waals surface area contributed by atoms with Gasteiger partial charge in [-0.15, -0.1) is 0 Å². The molecule has 118 valence electrons. The van der Waals surface area contributed by atoms with Gasteiger partial charge in [-0.2, -0.15) is 0 Å². The highest BCUT2D eigenvalue weighted by atomic mass is 16.3.